The third-order valence-electron chi connectivity index (χ3n) is 5.62. The topological polar surface area (TPSA) is 95.5 Å². The van der Waals surface area contributed by atoms with E-state index < -0.39 is 0 Å². The zero-order valence-corrected chi connectivity index (χ0v) is 19.4. The molecule has 1 aliphatic heterocycles. The van der Waals surface area contributed by atoms with Crippen LogP contribution in [-0.4, -0.2) is 54.8 Å². The quantitative estimate of drug-likeness (QED) is 0.617. The Labute approximate surface area is 193 Å². The highest BCUT2D eigenvalue weighted by Gasteiger charge is 2.28. The summed E-state index contributed by atoms with van der Waals surface area (Å²) in [5, 5.41) is 6.29. The number of hydrogen-bond acceptors (Lipinski definition) is 7. The number of rotatable bonds is 4. The second-order valence-electron chi connectivity index (χ2n) is 8.18. The molecule has 0 bridgehead atoms. The van der Waals surface area contributed by atoms with Gasteiger partial charge in [0.1, 0.15) is 12.1 Å². The van der Waals surface area contributed by atoms with Gasteiger partial charge in [-0.2, -0.15) is 0 Å². The van der Waals surface area contributed by atoms with Crippen LogP contribution in [0, 0.1) is 0 Å². The van der Waals surface area contributed by atoms with Gasteiger partial charge >= 0.3 is 6.03 Å². The maximum absolute atomic E-state index is 13.4. The summed E-state index contributed by atoms with van der Waals surface area (Å²) in [6, 6.07) is 13.4. The minimum Gasteiger partial charge on any atom is -0.481 e. The molecule has 0 saturated heterocycles. The van der Waals surface area contributed by atoms with Gasteiger partial charge in [-0.1, -0.05) is 12.1 Å². The van der Waals surface area contributed by atoms with E-state index in [1.54, 1.807) is 11.0 Å². The van der Waals surface area contributed by atoms with Crippen LogP contribution in [0.3, 0.4) is 0 Å². The Balaban J connectivity index is 1.72. The molecular weight excluding hydrogens is 418 g/mol. The molecule has 2 amide bonds. The van der Waals surface area contributed by atoms with Crippen LogP contribution in [0.25, 0.3) is 11.3 Å². The highest BCUT2D eigenvalue weighted by atomic mass is 16.5. The van der Waals surface area contributed by atoms with Gasteiger partial charge in [0.05, 0.1) is 18.5 Å². The number of amides is 2. The van der Waals surface area contributed by atoms with Crippen LogP contribution in [-0.2, 0) is 0 Å². The normalized spacial score (nSPS) is 15.5. The molecule has 33 heavy (non-hydrogen) atoms. The van der Waals surface area contributed by atoms with E-state index in [-0.39, 0.29) is 12.1 Å². The smallest absolute Gasteiger partial charge is 0.328 e. The molecule has 0 saturated carbocycles. The lowest BCUT2D eigenvalue weighted by Gasteiger charge is -2.32. The molecule has 9 heteroatoms. The van der Waals surface area contributed by atoms with Crippen LogP contribution in [0.2, 0.25) is 0 Å². The number of pyridine rings is 1. The SMILES string of the molecule is COc1cc(NC(=O)N2c3nc(-c4cccc(N(C)C)c4)ccc3NCCC[C@@H]2C)ncn1. The van der Waals surface area contributed by atoms with Crippen molar-refractivity contribution in [1.82, 2.24) is 15.0 Å². The standard InChI is InChI=1S/C24H29N7O2/c1-16-7-6-12-25-20-11-10-19(17-8-5-9-18(13-17)30(2)3)28-23(20)31(16)24(32)29-21-14-22(33-4)27-15-26-21/h5,8-11,13-16,25H,6-7,12H2,1-4H3,(H,26,27,29,32)/t16-/m0/s1. The van der Waals surface area contributed by atoms with E-state index in [0.717, 1.165) is 42.0 Å². The van der Waals surface area contributed by atoms with Gasteiger partial charge in [0.25, 0.3) is 0 Å². The van der Waals surface area contributed by atoms with Crippen molar-refractivity contribution in [2.75, 3.05) is 48.2 Å². The van der Waals surface area contributed by atoms with Gasteiger partial charge in [-0.3, -0.25) is 10.2 Å². The van der Waals surface area contributed by atoms with Crippen molar-refractivity contribution >= 4 is 29.0 Å². The van der Waals surface area contributed by atoms with Crippen LogP contribution < -0.4 is 25.2 Å². The Bertz CT molecular complexity index is 1140. The Kier molecular flexibility index (Phi) is 6.58. The lowest BCUT2D eigenvalue weighted by molar-refractivity contribution is 0.254. The molecule has 0 fully saturated rings. The fourth-order valence-corrected chi connectivity index (χ4v) is 3.82. The summed E-state index contributed by atoms with van der Waals surface area (Å²) < 4.78 is 5.15. The minimum absolute atomic E-state index is 0.0505. The molecule has 1 aromatic carbocycles. The molecule has 3 heterocycles. The van der Waals surface area contributed by atoms with Crippen molar-refractivity contribution in [2.24, 2.45) is 0 Å². The summed E-state index contributed by atoms with van der Waals surface area (Å²) in [5.74, 6) is 1.34. The van der Waals surface area contributed by atoms with E-state index >= 15 is 0 Å². The van der Waals surface area contributed by atoms with Gasteiger partial charge in [0.2, 0.25) is 5.88 Å². The van der Waals surface area contributed by atoms with E-state index in [2.05, 4.69) is 37.6 Å². The number of nitrogens with one attached hydrogen (secondary N) is 2. The molecule has 2 aromatic heterocycles. The van der Waals surface area contributed by atoms with E-state index in [0.29, 0.717) is 17.5 Å². The fraction of sp³-hybridized carbons (Fsp3) is 0.333. The third kappa shape index (κ3) is 4.97. The first-order valence-electron chi connectivity index (χ1n) is 10.9. The van der Waals surface area contributed by atoms with Gasteiger partial charge in [0, 0.05) is 44.0 Å². The molecule has 172 valence electrons. The summed E-state index contributed by atoms with van der Waals surface area (Å²) in [5.41, 5.74) is 3.69. The largest absolute Gasteiger partial charge is 0.481 e. The first kappa shape index (κ1) is 22.3. The number of benzene rings is 1. The van der Waals surface area contributed by atoms with Crippen LogP contribution in [0.15, 0.2) is 48.8 Å². The molecule has 1 atom stereocenters. The zero-order valence-electron chi connectivity index (χ0n) is 19.4. The predicted octanol–water partition coefficient (Wildman–Crippen LogP) is 4.25. The number of nitrogens with zero attached hydrogens (tertiary/aromatic N) is 5. The molecule has 2 N–H and O–H groups in total. The second kappa shape index (κ2) is 9.72. The summed E-state index contributed by atoms with van der Waals surface area (Å²) in [6.07, 6.45) is 3.14. The van der Waals surface area contributed by atoms with Crippen molar-refractivity contribution in [3.8, 4) is 17.1 Å². The molecule has 0 aliphatic carbocycles. The second-order valence-corrected chi connectivity index (χ2v) is 8.18. The van der Waals surface area contributed by atoms with Crippen molar-refractivity contribution in [1.29, 1.82) is 0 Å². The maximum atomic E-state index is 13.4. The molecule has 9 nitrogen and oxygen atoms in total. The van der Waals surface area contributed by atoms with E-state index in [9.17, 15) is 4.79 Å². The molecule has 0 unspecified atom stereocenters. The summed E-state index contributed by atoms with van der Waals surface area (Å²) in [7, 11) is 5.53. The summed E-state index contributed by atoms with van der Waals surface area (Å²) in [6.45, 7) is 2.86. The number of aromatic nitrogens is 3. The van der Waals surface area contributed by atoms with Crippen LogP contribution in [0.4, 0.5) is 27.8 Å². The first-order chi connectivity index (χ1) is 16.0. The van der Waals surface area contributed by atoms with E-state index in [1.165, 1.54) is 13.4 Å². The highest BCUT2D eigenvalue weighted by molar-refractivity contribution is 6.03. The maximum Gasteiger partial charge on any atom is 0.328 e. The van der Waals surface area contributed by atoms with Crippen LogP contribution in [0.5, 0.6) is 5.88 Å². The van der Waals surface area contributed by atoms with E-state index in [4.69, 9.17) is 9.72 Å². The first-order valence-corrected chi connectivity index (χ1v) is 10.9. The Morgan fingerprint density at radius 1 is 1.21 bits per heavy atom. The average Bonchev–Trinajstić information content (AvgIpc) is 2.81. The lowest BCUT2D eigenvalue weighted by atomic mass is 10.1. The number of fused-ring (bicyclic) bond motifs is 1. The number of methoxy groups -OCH3 is 1. The number of ether oxygens (including phenoxy) is 1. The highest BCUT2D eigenvalue weighted by Crippen LogP contribution is 2.33. The molecule has 0 radical (unpaired) electrons. The van der Waals surface area contributed by atoms with Crippen molar-refractivity contribution in [3.05, 3.63) is 48.8 Å². The number of urea groups is 1. The number of hydrogen-bond donors (Lipinski definition) is 2. The fourth-order valence-electron chi connectivity index (χ4n) is 3.82. The van der Waals surface area contributed by atoms with E-state index in [1.807, 2.05) is 45.3 Å². The number of carbonyl (C=O) groups is 1. The van der Waals surface area contributed by atoms with Gasteiger partial charge in [-0.25, -0.2) is 19.7 Å². The van der Waals surface area contributed by atoms with Crippen molar-refractivity contribution < 1.29 is 9.53 Å². The van der Waals surface area contributed by atoms with Gasteiger partial charge in [-0.15, -0.1) is 0 Å². The lowest BCUT2D eigenvalue weighted by Crippen LogP contribution is -2.43. The molecule has 1 aliphatic rings. The number of carbonyl (C=O) groups excluding carboxylic acids is 1. The Hall–Kier alpha value is -3.88. The molecule has 4 rings (SSSR count). The summed E-state index contributed by atoms with van der Waals surface area (Å²) >= 11 is 0. The minimum atomic E-state index is -0.306. The van der Waals surface area contributed by atoms with Crippen molar-refractivity contribution in [2.45, 2.75) is 25.8 Å². The van der Waals surface area contributed by atoms with Crippen molar-refractivity contribution in [3.63, 3.8) is 0 Å². The molecule has 0 spiro atoms. The van der Waals surface area contributed by atoms with Gasteiger partial charge in [0.15, 0.2) is 5.82 Å². The van der Waals surface area contributed by atoms with Gasteiger partial charge in [-0.05, 0) is 44.0 Å². The molecular formula is C24H29N7O2. The number of anilines is 4. The molecule has 3 aromatic rings. The van der Waals surface area contributed by atoms with Crippen LogP contribution in [0.1, 0.15) is 19.8 Å². The summed E-state index contributed by atoms with van der Waals surface area (Å²) in [4.78, 5) is 30.3. The van der Waals surface area contributed by atoms with Crippen LogP contribution >= 0.6 is 0 Å². The Morgan fingerprint density at radius 2 is 2.06 bits per heavy atom. The Morgan fingerprint density at radius 3 is 2.85 bits per heavy atom. The zero-order chi connectivity index (χ0) is 23.4. The van der Waals surface area contributed by atoms with Gasteiger partial charge < -0.3 is 15.0 Å². The third-order valence-corrected chi connectivity index (χ3v) is 5.62. The monoisotopic (exact) mass is 447 g/mol. The predicted molar refractivity (Wildman–Crippen MR) is 131 cm³/mol. The average molecular weight is 448 g/mol.